The van der Waals surface area contributed by atoms with E-state index in [0.717, 1.165) is 0 Å². The zero-order valence-corrected chi connectivity index (χ0v) is 10.7. The molecule has 18 heavy (non-hydrogen) atoms. The van der Waals surface area contributed by atoms with E-state index < -0.39 is 17.7 Å². The molecule has 0 spiro atoms. The highest BCUT2D eigenvalue weighted by atomic mass is 19.1. The quantitative estimate of drug-likeness (QED) is 0.768. The van der Waals surface area contributed by atoms with Crippen molar-refractivity contribution in [3.63, 3.8) is 0 Å². The highest BCUT2D eigenvalue weighted by Gasteiger charge is 2.17. The van der Waals surface area contributed by atoms with Crippen LogP contribution < -0.4 is 0 Å². The zero-order valence-electron chi connectivity index (χ0n) is 10.7. The van der Waals surface area contributed by atoms with Crippen LogP contribution in [0.15, 0.2) is 18.2 Å². The highest BCUT2D eigenvalue weighted by Crippen LogP contribution is 2.12. The second-order valence-electron chi connectivity index (χ2n) is 3.93. The number of esters is 1. The smallest absolute Gasteiger partial charge is 0.325 e. The molecule has 0 fully saturated rings. The molecule has 0 N–H and O–H groups in total. The highest BCUT2D eigenvalue weighted by molar-refractivity contribution is 5.97. The molecule has 0 aliphatic heterocycles. The number of benzene rings is 1. The lowest BCUT2D eigenvalue weighted by Gasteiger charge is -2.17. The number of rotatable bonds is 4. The van der Waals surface area contributed by atoms with E-state index in [1.54, 1.807) is 13.8 Å². The Bertz CT molecular complexity index is 460. The first-order valence-corrected chi connectivity index (χ1v) is 5.63. The van der Waals surface area contributed by atoms with Crippen molar-refractivity contribution in [3.05, 3.63) is 35.1 Å². The molecule has 1 rings (SSSR count). The number of amides is 1. The Morgan fingerprint density at radius 2 is 2.06 bits per heavy atom. The predicted octanol–water partition coefficient (Wildman–Crippen LogP) is 1.77. The first-order valence-electron chi connectivity index (χ1n) is 5.63. The SMILES string of the molecule is CCOC(=O)CN(C)C(=O)c1cc(F)ccc1C. The molecule has 1 amide bonds. The van der Waals surface area contributed by atoms with E-state index in [1.165, 1.54) is 30.1 Å². The Hall–Kier alpha value is -1.91. The first-order chi connectivity index (χ1) is 8.45. The molecule has 0 aromatic heterocycles. The van der Waals surface area contributed by atoms with Gasteiger partial charge in [-0.15, -0.1) is 0 Å². The molecule has 0 bridgehead atoms. The minimum absolute atomic E-state index is 0.150. The number of carbonyl (C=O) groups excluding carboxylic acids is 2. The summed E-state index contributed by atoms with van der Waals surface area (Å²) in [6.07, 6.45) is 0. The summed E-state index contributed by atoms with van der Waals surface area (Å²) in [5, 5.41) is 0. The third-order valence-corrected chi connectivity index (χ3v) is 2.45. The lowest BCUT2D eigenvalue weighted by molar-refractivity contribution is -0.143. The lowest BCUT2D eigenvalue weighted by Crippen LogP contribution is -2.33. The van der Waals surface area contributed by atoms with Crippen molar-refractivity contribution < 1.29 is 18.7 Å². The molecule has 0 aliphatic rings. The molecular weight excluding hydrogens is 237 g/mol. The van der Waals surface area contributed by atoms with Gasteiger partial charge in [0.15, 0.2) is 0 Å². The molecule has 0 atom stereocenters. The van der Waals surface area contributed by atoms with Crippen LogP contribution in [0.4, 0.5) is 4.39 Å². The molecule has 1 aromatic carbocycles. The average Bonchev–Trinajstić information content (AvgIpc) is 2.31. The van der Waals surface area contributed by atoms with E-state index in [1.807, 2.05) is 0 Å². The van der Waals surface area contributed by atoms with Crippen molar-refractivity contribution in [2.45, 2.75) is 13.8 Å². The molecule has 4 nitrogen and oxygen atoms in total. The fourth-order valence-corrected chi connectivity index (χ4v) is 1.50. The summed E-state index contributed by atoms with van der Waals surface area (Å²) >= 11 is 0. The summed E-state index contributed by atoms with van der Waals surface area (Å²) in [6.45, 7) is 3.52. The number of hydrogen-bond donors (Lipinski definition) is 0. The van der Waals surface area contributed by atoms with Gasteiger partial charge in [-0.2, -0.15) is 0 Å². The Morgan fingerprint density at radius 3 is 2.67 bits per heavy atom. The van der Waals surface area contributed by atoms with Crippen LogP contribution in [0.5, 0.6) is 0 Å². The van der Waals surface area contributed by atoms with Crippen molar-refractivity contribution in [2.24, 2.45) is 0 Å². The molecule has 1 aromatic rings. The third kappa shape index (κ3) is 3.55. The lowest BCUT2D eigenvalue weighted by atomic mass is 10.1. The van der Waals surface area contributed by atoms with Crippen LogP contribution in [-0.4, -0.2) is 37.0 Å². The minimum atomic E-state index is -0.484. The van der Waals surface area contributed by atoms with Crippen LogP contribution in [0, 0.1) is 12.7 Å². The van der Waals surface area contributed by atoms with Crippen molar-refractivity contribution in [1.29, 1.82) is 0 Å². The molecule has 5 heteroatoms. The maximum absolute atomic E-state index is 13.1. The molecule has 0 saturated carbocycles. The van der Waals surface area contributed by atoms with E-state index in [0.29, 0.717) is 5.56 Å². The van der Waals surface area contributed by atoms with Crippen LogP contribution in [0.3, 0.4) is 0 Å². The largest absolute Gasteiger partial charge is 0.465 e. The summed E-state index contributed by atoms with van der Waals surface area (Å²) in [7, 11) is 1.48. The van der Waals surface area contributed by atoms with Crippen molar-refractivity contribution in [2.75, 3.05) is 20.2 Å². The number of halogens is 1. The van der Waals surface area contributed by atoms with Crippen molar-refractivity contribution in [1.82, 2.24) is 4.90 Å². The second kappa shape index (κ2) is 6.14. The van der Waals surface area contributed by atoms with Gasteiger partial charge in [-0.3, -0.25) is 9.59 Å². The van der Waals surface area contributed by atoms with Gasteiger partial charge in [-0.05, 0) is 31.5 Å². The normalized spacial score (nSPS) is 10.0. The molecule has 0 unspecified atom stereocenters. The summed E-state index contributed by atoms with van der Waals surface area (Å²) in [4.78, 5) is 24.5. The van der Waals surface area contributed by atoms with Gasteiger partial charge in [0.05, 0.1) is 6.61 Å². The Kier molecular flexibility index (Phi) is 4.83. The summed E-state index contributed by atoms with van der Waals surface area (Å²) in [5.41, 5.74) is 0.916. The van der Waals surface area contributed by atoms with E-state index >= 15 is 0 Å². The Balaban J connectivity index is 2.80. The van der Waals surface area contributed by atoms with E-state index in [4.69, 9.17) is 4.74 Å². The number of likely N-dealkylation sites (N-methyl/N-ethyl adjacent to an activating group) is 1. The molecule has 0 radical (unpaired) electrons. The summed E-state index contributed by atoms with van der Waals surface area (Å²) in [5.74, 6) is -1.36. The predicted molar refractivity (Wildman–Crippen MR) is 64.7 cm³/mol. The molecule has 0 aliphatic carbocycles. The van der Waals surface area contributed by atoms with Crippen LogP contribution >= 0.6 is 0 Å². The molecular formula is C13H16FNO3. The topological polar surface area (TPSA) is 46.6 Å². The standard InChI is InChI=1S/C13H16FNO3/c1-4-18-12(16)8-15(3)13(17)11-7-10(14)6-5-9(11)2/h5-7H,4,8H2,1-3H3. The van der Waals surface area contributed by atoms with Crippen LogP contribution in [0.25, 0.3) is 0 Å². The van der Waals surface area contributed by atoms with Gasteiger partial charge < -0.3 is 9.64 Å². The Morgan fingerprint density at radius 1 is 1.39 bits per heavy atom. The van der Waals surface area contributed by atoms with E-state index in [-0.39, 0.29) is 18.7 Å². The molecule has 98 valence electrons. The molecule has 0 heterocycles. The number of hydrogen-bond acceptors (Lipinski definition) is 3. The van der Waals surface area contributed by atoms with Gasteiger partial charge >= 0.3 is 5.97 Å². The van der Waals surface area contributed by atoms with Crippen molar-refractivity contribution in [3.8, 4) is 0 Å². The fourth-order valence-electron chi connectivity index (χ4n) is 1.50. The van der Waals surface area contributed by atoms with E-state index in [9.17, 15) is 14.0 Å². The average molecular weight is 253 g/mol. The number of aryl methyl sites for hydroxylation is 1. The van der Waals surface area contributed by atoms with Gasteiger partial charge in [0.1, 0.15) is 12.4 Å². The van der Waals surface area contributed by atoms with Gasteiger partial charge in [-0.25, -0.2) is 4.39 Å². The van der Waals surface area contributed by atoms with Crippen LogP contribution in [0.2, 0.25) is 0 Å². The fraction of sp³-hybridized carbons (Fsp3) is 0.385. The van der Waals surface area contributed by atoms with Crippen molar-refractivity contribution >= 4 is 11.9 Å². The summed E-state index contributed by atoms with van der Waals surface area (Å²) in [6, 6.07) is 3.98. The monoisotopic (exact) mass is 253 g/mol. The second-order valence-corrected chi connectivity index (χ2v) is 3.93. The van der Waals surface area contributed by atoms with E-state index in [2.05, 4.69) is 0 Å². The summed E-state index contributed by atoms with van der Waals surface area (Å²) < 4.78 is 17.8. The van der Waals surface area contributed by atoms with Gasteiger partial charge in [0, 0.05) is 12.6 Å². The van der Waals surface area contributed by atoms with Gasteiger partial charge in [-0.1, -0.05) is 6.07 Å². The number of carbonyl (C=O) groups is 2. The number of ether oxygens (including phenoxy) is 1. The number of nitrogens with zero attached hydrogens (tertiary/aromatic N) is 1. The minimum Gasteiger partial charge on any atom is -0.465 e. The third-order valence-electron chi connectivity index (χ3n) is 2.45. The Labute approximate surface area is 105 Å². The van der Waals surface area contributed by atoms with Crippen LogP contribution in [-0.2, 0) is 9.53 Å². The maximum Gasteiger partial charge on any atom is 0.325 e. The van der Waals surface area contributed by atoms with Gasteiger partial charge in [0.2, 0.25) is 0 Å². The zero-order chi connectivity index (χ0) is 13.7. The van der Waals surface area contributed by atoms with Crippen LogP contribution in [0.1, 0.15) is 22.8 Å². The first kappa shape index (κ1) is 14.2. The van der Waals surface area contributed by atoms with Gasteiger partial charge in [0.25, 0.3) is 5.91 Å². The maximum atomic E-state index is 13.1. The molecule has 0 saturated heterocycles.